The van der Waals surface area contributed by atoms with Crippen LogP contribution < -0.4 is 0 Å². The minimum absolute atomic E-state index is 0.315. The van der Waals surface area contributed by atoms with Gasteiger partial charge in [-0.15, -0.1) is 0 Å². The fraction of sp³-hybridized carbons (Fsp3) is 0.471. The summed E-state index contributed by atoms with van der Waals surface area (Å²) in [5.41, 5.74) is 2.30. The van der Waals surface area contributed by atoms with Gasteiger partial charge in [-0.1, -0.05) is 18.2 Å². The third kappa shape index (κ3) is 2.05. The van der Waals surface area contributed by atoms with E-state index in [9.17, 15) is 5.26 Å². The van der Waals surface area contributed by atoms with E-state index < -0.39 is 0 Å². The van der Waals surface area contributed by atoms with Crippen LogP contribution in [0, 0.1) is 11.5 Å². The number of benzene rings is 1. The second kappa shape index (κ2) is 4.87. The van der Waals surface area contributed by atoms with Gasteiger partial charge in [0.2, 0.25) is 0 Å². The van der Waals surface area contributed by atoms with E-state index in [2.05, 4.69) is 12.3 Å². The molecule has 2 heterocycles. The van der Waals surface area contributed by atoms with Crippen LogP contribution in [-0.4, -0.2) is 23.6 Å². The van der Waals surface area contributed by atoms with E-state index in [1.165, 1.54) is 10.9 Å². The Bertz CT molecular complexity index is 697. The number of para-hydroxylation sites is 1. The van der Waals surface area contributed by atoms with E-state index in [1.807, 2.05) is 24.4 Å². The Morgan fingerprint density at radius 2 is 1.86 bits per heavy atom. The maximum Gasteiger partial charge on any atom is 0.188 e. The summed E-state index contributed by atoms with van der Waals surface area (Å²) in [7, 11) is 0. The Labute approximate surface area is 123 Å². The molecule has 1 aromatic carbocycles. The van der Waals surface area contributed by atoms with Gasteiger partial charge in [-0.2, -0.15) is 5.26 Å². The third-order valence-electron chi connectivity index (χ3n) is 4.85. The van der Waals surface area contributed by atoms with Crippen LogP contribution in [0.15, 0.2) is 30.5 Å². The number of hydrogen-bond acceptors (Lipinski definition) is 3. The van der Waals surface area contributed by atoms with Crippen molar-refractivity contribution in [3.8, 4) is 6.19 Å². The van der Waals surface area contributed by atoms with Crippen LogP contribution in [0.5, 0.6) is 0 Å². The van der Waals surface area contributed by atoms with Crippen LogP contribution >= 0.6 is 0 Å². The summed E-state index contributed by atoms with van der Waals surface area (Å²) in [6.45, 7) is 1.44. The lowest BCUT2D eigenvalue weighted by Gasteiger charge is -2.35. The van der Waals surface area contributed by atoms with Crippen molar-refractivity contribution in [3.05, 3.63) is 36.0 Å². The van der Waals surface area contributed by atoms with Gasteiger partial charge in [0, 0.05) is 24.4 Å². The van der Waals surface area contributed by atoms with Crippen LogP contribution in [0.4, 0.5) is 0 Å². The Balaban J connectivity index is 1.64. The number of nitrogens with zero attached hydrogens (tertiary/aromatic N) is 2. The molecule has 2 aromatic rings. The smallest absolute Gasteiger partial charge is 0.188 e. The predicted octanol–water partition coefficient (Wildman–Crippen LogP) is 3.37. The zero-order valence-electron chi connectivity index (χ0n) is 11.9. The largest absolute Gasteiger partial charge is 0.348 e. The second-order valence-electron chi connectivity index (χ2n) is 5.95. The molecule has 21 heavy (non-hydrogen) atoms. The standard InChI is InChI=1S/C17H18N2O2/c18-12-19-11-15(14-3-1-2-4-16(14)19)13-5-7-17(8-6-13)20-9-10-21-17/h1-4,11,13H,5-10H2. The van der Waals surface area contributed by atoms with Gasteiger partial charge in [0.15, 0.2) is 12.0 Å². The molecule has 1 aliphatic carbocycles. The van der Waals surface area contributed by atoms with Crippen molar-refractivity contribution < 1.29 is 9.47 Å². The Hall–Kier alpha value is -1.83. The molecular formula is C17H18N2O2. The van der Waals surface area contributed by atoms with Gasteiger partial charge in [-0.25, -0.2) is 0 Å². The highest BCUT2D eigenvalue weighted by Crippen LogP contribution is 2.44. The summed E-state index contributed by atoms with van der Waals surface area (Å²) in [6, 6.07) is 8.15. The number of hydrogen-bond donors (Lipinski definition) is 0. The fourth-order valence-corrected chi connectivity index (χ4v) is 3.77. The van der Waals surface area contributed by atoms with Crippen LogP contribution in [0.1, 0.15) is 37.2 Å². The highest BCUT2D eigenvalue weighted by atomic mass is 16.7. The summed E-state index contributed by atoms with van der Waals surface area (Å²) in [6.07, 6.45) is 8.26. The Morgan fingerprint density at radius 3 is 2.57 bits per heavy atom. The number of fused-ring (bicyclic) bond motifs is 1. The average molecular weight is 282 g/mol. The van der Waals surface area contributed by atoms with E-state index in [1.54, 1.807) is 4.57 Å². The maximum atomic E-state index is 9.29. The molecule has 4 heteroatoms. The lowest BCUT2D eigenvalue weighted by Crippen LogP contribution is -2.34. The molecule has 1 aliphatic heterocycles. The molecular weight excluding hydrogens is 264 g/mol. The topological polar surface area (TPSA) is 47.2 Å². The monoisotopic (exact) mass is 282 g/mol. The number of nitriles is 1. The molecule has 1 saturated carbocycles. The summed E-state index contributed by atoms with van der Waals surface area (Å²) in [4.78, 5) is 0. The average Bonchev–Trinajstić information content (AvgIpc) is 3.13. The Morgan fingerprint density at radius 1 is 1.14 bits per heavy atom. The van der Waals surface area contributed by atoms with Crippen LogP contribution in [0.2, 0.25) is 0 Å². The van der Waals surface area contributed by atoms with E-state index in [0.29, 0.717) is 5.92 Å². The molecule has 0 unspecified atom stereocenters. The molecule has 0 amide bonds. The normalized spacial score (nSPS) is 21.9. The van der Waals surface area contributed by atoms with Crippen molar-refractivity contribution in [1.29, 1.82) is 5.26 Å². The maximum absolute atomic E-state index is 9.29. The Kier molecular flexibility index (Phi) is 2.99. The van der Waals surface area contributed by atoms with Crippen LogP contribution in [0.3, 0.4) is 0 Å². The van der Waals surface area contributed by atoms with E-state index in [0.717, 1.165) is 44.4 Å². The summed E-state index contributed by atoms with van der Waals surface area (Å²) < 4.78 is 13.3. The predicted molar refractivity (Wildman–Crippen MR) is 78.8 cm³/mol. The van der Waals surface area contributed by atoms with Crippen molar-refractivity contribution >= 4 is 10.9 Å². The molecule has 108 valence electrons. The van der Waals surface area contributed by atoms with Gasteiger partial charge in [-0.3, -0.25) is 4.57 Å². The van der Waals surface area contributed by atoms with Crippen LogP contribution in [-0.2, 0) is 9.47 Å². The molecule has 1 aromatic heterocycles. The first kappa shape index (κ1) is 12.9. The summed E-state index contributed by atoms with van der Waals surface area (Å²) in [5, 5.41) is 10.5. The van der Waals surface area contributed by atoms with Gasteiger partial charge in [0.25, 0.3) is 0 Å². The van der Waals surface area contributed by atoms with Crippen molar-refractivity contribution in [1.82, 2.24) is 4.57 Å². The van der Waals surface area contributed by atoms with Gasteiger partial charge < -0.3 is 9.47 Å². The first-order valence-corrected chi connectivity index (χ1v) is 7.59. The van der Waals surface area contributed by atoms with Gasteiger partial charge in [-0.05, 0) is 30.4 Å². The molecule has 2 fully saturated rings. The van der Waals surface area contributed by atoms with E-state index >= 15 is 0 Å². The SMILES string of the molecule is N#Cn1cc(C2CCC3(CC2)OCCO3)c2ccccc21. The molecule has 1 spiro atoms. The zero-order valence-corrected chi connectivity index (χ0v) is 11.9. The molecule has 2 aliphatic rings. The molecule has 1 saturated heterocycles. The van der Waals surface area contributed by atoms with Crippen molar-refractivity contribution in [2.45, 2.75) is 37.4 Å². The van der Waals surface area contributed by atoms with Gasteiger partial charge in [0.05, 0.1) is 18.7 Å². The summed E-state index contributed by atoms with van der Waals surface area (Å²) in [5.74, 6) is 0.173. The first-order valence-electron chi connectivity index (χ1n) is 7.59. The van der Waals surface area contributed by atoms with Crippen molar-refractivity contribution in [2.75, 3.05) is 13.2 Å². The van der Waals surface area contributed by atoms with E-state index in [-0.39, 0.29) is 5.79 Å². The second-order valence-corrected chi connectivity index (χ2v) is 5.95. The molecule has 0 atom stereocenters. The quantitative estimate of drug-likeness (QED) is 0.805. The molecule has 4 nitrogen and oxygen atoms in total. The molecule has 0 N–H and O–H groups in total. The third-order valence-corrected chi connectivity index (χ3v) is 4.85. The van der Waals surface area contributed by atoms with Gasteiger partial charge >= 0.3 is 0 Å². The molecule has 0 bridgehead atoms. The van der Waals surface area contributed by atoms with Gasteiger partial charge in [0.1, 0.15) is 0 Å². The molecule has 4 rings (SSSR count). The molecule has 0 radical (unpaired) electrons. The van der Waals surface area contributed by atoms with Crippen molar-refractivity contribution in [3.63, 3.8) is 0 Å². The first-order chi connectivity index (χ1) is 10.3. The minimum Gasteiger partial charge on any atom is -0.348 e. The number of ether oxygens (including phenoxy) is 2. The lowest BCUT2D eigenvalue weighted by atomic mass is 9.81. The number of aromatic nitrogens is 1. The highest BCUT2D eigenvalue weighted by Gasteiger charge is 2.41. The van der Waals surface area contributed by atoms with Crippen molar-refractivity contribution in [2.24, 2.45) is 0 Å². The highest BCUT2D eigenvalue weighted by molar-refractivity contribution is 5.85. The fourth-order valence-electron chi connectivity index (χ4n) is 3.77. The minimum atomic E-state index is -0.315. The summed E-state index contributed by atoms with van der Waals surface area (Å²) >= 11 is 0. The zero-order chi connectivity index (χ0) is 14.3. The number of rotatable bonds is 1. The lowest BCUT2D eigenvalue weighted by molar-refractivity contribution is -0.178. The van der Waals surface area contributed by atoms with E-state index in [4.69, 9.17) is 9.47 Å². The van der Waals surface area contributed by atoms with Crippen LogP contribution in [0.25, 0.3) is 10.9 Å².